The molecule has 2 aromatic heterocycles. The first-order valence-electron chi connectivity index (χ1n) is 6.48. The highest BCUT2D eigenvalue weighted by Crippen LogP contribution is 2.22. The minimum atomic E-state index is -0.0903. The van der Waals surface area contributed by atoms with Crippen molar-refractivity contribution in [2.24, 2.45) is 13.0 Å². The normalized spacial score (nSPS) is 12.6. The fourth-order valence-corrected chi connectivity index (χ4v) is 3.02. The highest BCUT2D eigenvalue weighted by molar-refractivity contribution is 7.99. The first-order chi connectivity index (χ1) is 10.1. The van der Waals surface area contributed by atoms with Crippen LogP contribution >= 0.6 is 11.8 Å². The van der Waals surface area contributed by atoms with Crippen LogP contribution in [0.15, 0.2) is 34.2 Å². The lowest BCUT2D eigenvalue weighted by Gasteiger charge is -2.07. The number of thioether (sulfide) groups is 1. The van der Waals surface area contributed by atoms with Gasteiger partial charge in [0.25, 0.3) is 5.56 Å². The zero-order valence-electron chi connectivity index (χ0n) is 11.6. The Balaban J connectivity index is 2.25. The van der Waals surface area contributed by atoms with E-state index in [9.17, 15) is 4.79 Å². The average molecular weight is 299 g/mol. The van der Waals surface area contributed by atoms with Crippen molar-refractivity contribution < 1.29 is 0 Å². The van der Waals surface area contributed by atoms with Crippen LogP contribution in [0.25, 0.3) is 16.7 Å². The topological polar surface area (TPSA) is 76.0 Å². The number of nitrogens with zero attached hydrogens (tertiary/aromatic N) is 5. The third-order valence-corrected chi connectivity index (χ3v) is 4.47. The molecule has 0 spiro atoms. The van der Waals surface area contributed by atoms with E-state index in [4.69, 9.17) is 5.26 Å². The zero-order chi connectivity index (χ0) is 15.0. The van der Waals surface area contributed by atoms with Gasteiger partial charge in [-0.05, 0) is 19.1 Å². The van der Waals surface area contributed by atoms with Gasteiger partial charge in [0.15, 0.2) is 5.16 Å². The maximum absolute atomic E-state index is 12.3. The van der Waals surface area contributed by atoms with Gasteiger partial charge in [0, 0.05) is 12.8 Å². The summed E-state index contributed by atoms with van der Waals surface area (Å²) in [5.41, 5.74) is 0.695. The summed E-state index contributed by atoms with van der Waals surface area (Å²) in [7, 11) is 1.69. The Bertz CT molecular complexity index is 921. The van der Waals surface area contributed by atoms with Crippen molar-refractivity contribution in [3.05, 3.63) is 34.6 Å². The summed E-state index contributed by atoms with van der Waals surface area (Å²) in [6, 6.07) is 9.59. The predicted octanol–water partition coefficient (Wildman–Crippen LogP) is 1.83. The molecule has 6 nitrogen and oxygen atoms in total. The van der Waals surface area contributed by atoms with Crippen molar-refractivity contribution in [1.29, 1.82) is 5.26 Å². The van der Waals surface area contributed by atoms with E-state index in [1.54, 1.807) is 13.1 Å². The Morgan fingerprint density at radius 3 is 2.90 bits per heavy atom. The Labute approximate surface area is 125 Å². The monoisotopic (exact) mass is 299 g/mol. The summed E-state index contributed by atoms with van der Waals surface area (Å²) in [5, 5.41) is 18.5. The van der Waals surface area contributed by atoms with Crippen LogP contribution in [0.1, 0.15) is 6.92 Å². The van der Waals surface area contributed by atoms with Crippen molar-refractivity contribution in [2.75, 3.05) is 5.75 Å². The average Bonchev–Trinajstić information content (AvgIpc) is 2.94. The van der Waals surface area contributed by atoms with Crippen molar-refractivity contribution in [3.8, 4) is 6.07 Å². The van der Waals surface area contributed by atoms with Gasteiger partial charge in [0.2, 0.25) is 5.78 Å². The van der Waals surface area contributed by atoms with Crippen molar-refractivity contribution >= 4 is 28.4 Å². The van der Waals surface area contributed by atoms with Crippen molar-refractivity contribution in [2.45, 2.75) is 12.1 Å². The molecule has 7 heteroatoms. The largest absolute Gasteiger partial charge is 0.279 e. The van der Waals surface area contributed by atoms with Crippen LogP contribution in [-0.4, -0.2) is 24.9 Å². The van der Waals surface area contributed by atoms with E-state index < -0.39 is 0 Å². The molecule has 0 aliphatic rings. The number of para-hydroxylation sites is 1. The maximum atomic E-state index is 12.3. The van der Waals surface area contributed by atoms with Crippen LogP contribution in [0.4, 0.5) is 0 Å². The van der Waals surface area contributed by atoms with Gasteiger partial charge >= 0.3 is 0 Å². The van der Waals surface area contributed by atoms with Gasteiger partial charge in [-0.1, -0.05) is 23.9 Å². The third kappa shape index (κ3) is 2.17. The second kappa shape index (κ2) is 5.22. The lowest BCUT2D eigenvalue weighted by Crippen LogP contribution is -2.20. The molecule has 0 radical (unpaired) electrons. The van der Waals surface area contributed by atoms with E-state index in [0.717, 1.165) is 5.52 Å². The van der Waals surface area contributed by atoms with E-state index in [1.165, 1.54) is 16.3 Å². The van der Waals surface area contributed by atoms with Gasteiger partial charge in [0.05, 0.1) is 22.9 Å². The van der Waals surface area contributed by atoms with Crippen LogP contribution in [0.2, 0.25) is 0 Å². The zero-order valence-corrected chi connectivity index (χ0v) is 12.5. The summed E-state index contributed by atoms with van der Waals surface area (Å²) in [6.45, 7) is 1.87. The van der Waals surface area contributed by atoms with E-state index in [0.29, 0.717) is 22.1 Å². The molecule has 0 amide bonds. The molecule has 0 aliphatic carbocycles. The smallest absolute Gasteiger partial charge is 0.262 e. The van der Waals surface area contributed by atoms with Gasteiger partial charge in [-0.15, -0.1) is 10.2 Å². The molecule has 0 saturated carbocycles. The number of rotatable bonds is 3. The molecule has 1 atom stereocenters. The molecule has 0 saturated heterocycles. The molecular formula is C14H13N5OS. The number of benzene rings is 1. The molecule has 0 aliphatic heterocycles. The molecule has 0 fully saturated rings. The van der Waals surface area contributed by atoms with Crippen molar-refractivity contribution in [3.63, 3.8) is 0 Å². The van der Waals surface area contributed by atoms with E-state index in [2.05, 4.69) is 16.3 Å². The quantitative estimate of drug-likeness (QED) is 0.690. The summed E-state index contributed by atoms with van der Waals surface area (Å²) >= 11 is 1.47. The minimum Gasteiger partial charge on any atom is -0.279 e. The van der Waals surface area contributed by atoms with Gasteiger partial charge < -0.3 is 0 Å². The molecule has 3 rings (SSSR count). The fraction of sp³-hybridized carbons (Fsp3) is 0.286. The van der Waals surface area contributed by atoms with Crippen LogP contribution < -0.4 is 5.56 Å². The second-order valence-electron chi connectivity index (χ2n) is 4.84. The summed E-state index contributed by atoms with van der Waals surface area (Å²) in [6.07, 6.45) is 0. The summed E-state index contributed by atoms with van der Waals surface area (Å²) in [4.78, 5) is 12.3. The number of nitriles is 1. The van der Waals surface area contributed by atoms with Gasteiger partial charge in [0.1, 0.15) is 0 Å². The summed E-state index contributed by atoms with van der Waals surface area (Å²) in [5.74, 6) is 1.07. The Morgan fingerprint density at radius 1 is 1.38 bits per heavy atom. The summed E-state index contributed by atoms with van der Waals surface area (Å²) < 4.78 is 3.36. The lowest BCUT2D eigenvalue weighted by molar-refractivity contribution is 0.845. The van der Waals surface area contributed by atoms with E-state index >= 15 is 0 Å². The van der Waals surface area contributed by atoms with Crippen molar-refractivity contribution in [1.82, 2.24) is 19.2 Å². The first-order valence-corrected chi connectivity index (χ1v) is 7.47. The number of hydrogen-bond acceptors (Lipinski definition) is 5. The number of aryl methyl sites for hydroxylation is 1. The Morgan fingerprint density at radius 2 is 2.14 bits per heavy atom. The fourth-order valence-electron chi connectivity index (χ4n) is 2.14. The first kappa shape index (κ1) is 13.6. The molecule has 1 aromatic carbocycles. The van der Waals surface area contributed by atoms with Gasteiger partial charge in [-0.3, -0.25) is 13.8 Å². The Hall–Kier alpha value is -2.33. The molecule has 0 unspecified atom stereocenters. The van der Waals surface area contributed by atoms with Gasteiger partial charge in [-0.25, -0.2) is 0 Å². The van der Waals surface area contributed by atoms with Gasteiger partial charge in [-0.2, -0.15) is 5.26 Å². The predicted molar refractivity (Wildman–Crippen MR) is 81.2 cm³/mol. The molecule has 106 valence electrons. The molecule has 0 bridgehead atoms. The maximum Gasteiger partial charge on any atom is 0.262 e. The molecule has 21 heavy (non-hydrogen) atoms. The number of aromatic nitrogens is 4. The van der Waals surface area contributed by atoms with E-state index in [-0.39, 0.29) is 11.5 Å². The molecular weight excluding hydrogens is 286 g/mol. The van der Waals surface area contributed by atoms with Crippen LogP contribution in [0.5, 0.6) is 0 Å². The molecule has 2 heterocycles. The van der Waals surface area contributed by atoms with Crippen LogP contribution in [-0.2, 0) is 7.05 Å². The van der Waals surface area contributed by atoms with Crippen LogP contribution in [0, 0.1) is 17.2 Å². The Kier molecular flexibility index (Phi) is 3.39. The minimum absolute atomic E-state index is 0.0684. The highest BCUT2D eigenvalue weighted by Gasteiger charge is 2.15. The second-order valence-corrected chi connectivity index (χ2v) is 5.83. The lowest BCUT2D eigenvalue weighted by atomic mass is 10.2. The highest BCUT2D eigenvalue weighted by atomic mass is 32.2. The number of fused-ring (bicyclic) bond motifs is 3. The van der Waals surface area contributed by atoms with Crippen LogP contribution in [0.3, 0.4) is 0 Å². The SMILES string of the molecule is C[C@H](C#N)CSc1nnc2n(C)c(=O)c3ccccc3n12. The number of hydrogen-bond donors (Lipinski definition) is 0. The third-order valence-electron chi connectivity index (χ3n) is 3.28. The molecule has 3 aromatic rings. The molecule has 0 N–H and O–H groups in total. The standard InChI is InChI=1S/C14H13N5OS/c1-9(7-15)8-21-14-17-16-13-18(2)12(20)10-5-3-4-6-11(10)19(13)14/h3-6,9H,8H2,1-2H3/t9-/m1/s1. The van der Waals surface area contributed by atoms with E-state index in [1.807, 2.05) is 29.5 Å².